The van der Waals surface area contributed by atoms with Crippen LogP contribution in [-0.4, -0.2) is 22.1 Å². The van der Waals surface area contributed by atoms with E-state index in [1.54, 1.807) is 6.92 Å². The summed E-state index contributed by atoms with van der Waals surface area (Å²) in [6, 6.07) is 10.3. The standard InChI is InChI=1S/C20H16F3N3O4/c1-2-30-13-9-7-12(8-10-13)26-18(28)14(11-24-19(26)29)17(27)25-16-6-4-3-5-15(16)20(21,22)23/h3-11H,2H2,1H3,(H,24,29)(H,25,27). The Bertz CT molecular complexity index is 1180. The lowest BCUT2D eigenvalue weighted by Gasteiger charge is -2.13. The van der Waals surface area contributed by atoms with Gasteiger partial charge in [-0.05, 0) is 43.3 Å². The zero-order valence-corrected chi connectivity index (χ0v) is 15.6. The van der Waals surface area contributed by atoms with E-state index < -0.39 is 40.1 Å². The minimum Gasteiger partial charge on any atom is -0.494 e. The fraction of sp³-hybridized carbons (Fsp3) is 0.150. The molecule has 156 valence electrons. The maximum atomic E-state index is 13.1. The molecule has 3 rings (SSSR count). The van der Waals surface area contributed by atoms with Crippen molar-refractivity contribution in [3.8, 4) is 11.4 Å². The van der Waals surface area contributed by atoms with E-state index in [1.807, 2.05) is 0 Å². The van der Waals surface area contributed by atoms with Crippen LogP contribution < -0.4 is 21.3 Å². The van der Waals surface area contributed by atoms with Gasteiger partial charge in [-0.3, -0.25) is 9.59 Å². The fourth-order valence-electron chi connectivity index (χ4n) is 2.76. The third kappa shape index (κ3) is 4.27. The lowest BCUT2D eigenvalue weighted by molar-refractivity contribution is -0.136. The number of aromatic nitrogens is 2. The van der Waals surface area contributed by atoms with Crippen LogP contribution in [0.4, 0.5) is 18.9 Å². The first kappa shape index (κ1) is 20.9. The molecule has 7 nitrogen and oxygen atoms in total. The Morgan fingerprint density at radius 3 is 2.40 bits per heavy atom. The Balaban J connectivity index is 1.99. The molecule has 0 unspecified atom stereocenters. The maximum Gasteiger partial charge on any atom is 0.418 e. The van der Waals surface area contributed by atoms with Gasteiger partial charge in [0.1, 0.15) is 11.3 Å². The number of nitrogens with one attached hydrogen (secondary N) is 2. The maximum absolute atomic E-state index is 13.1. The number of anilines is 1. The molecule has 2 aromatic carbocycles. The molecule has 30 heavy (non-hydrogen) atoms. The predicted molar refractivity (Wildman–Crippen MR) is 103 cm³/mol. The van der Waals surface area contributed by atoms with E-state index in [0.717, 1.165) is 18.3 Å². The molecular weight excluding hydrogens is 403 g/mol. The van der Waals surface area contributed by atoms with Crippen molar-refractivity contribution < 1.29 is 22.7 Å². The SMILES string of the molecule is CCOc1ccc(-n2c(=O)[nH]cc(C(=O)Nc3ccccc3C(F)(F)F)c2=O)cc1. The molecule has 0 bridgehead atoms. The second kappa shape index (κ2) is 8.27. The van der Waals surface area contributed by atoms with E-state index in [9.17, 15) is 27.6 Å². The van der Waals surface area contributed by atoms with E-state index >= 15 is 0 Å². The van der Waals surface area contributed by atoms with Crippen LogP contribution in [0.3, 0.4) is 0 Å². The van der Waals surface area contributed by atoms with Crippen LogP contribution in [0.2, 0.25) is 0 Å². The minimum atomic E-state index is -4.70. The van der Waals surface area contributed by atoms with Crippen molar-refractivity contribution in [1.29, 1.82) is 0 Å². The molecule has 1 aromatic heterocycles. The first-order chi connectivity index (χ1) is 14.2. The summed E-state index contributed by atoms with van der Waals surface area (Å²) in [6.45, 7) is 2.22. The normalized spacial score (nSPS) is 11.2. The number of carbonyl (C=O) groups excluding carboxylic acids is 1. The van der Waals surface area contributed by atoms with E-state index in [1.165, 1.54) is 36.4 Å². The zero-order valence-electron chi connectivity index (χ0n) is 15.6. The van der Waals surface area contributed by atoms with Crippen LogP contribution in [0.15, 0.2) is 64.3 Å². The highest BCUT2D eigenvalue weighted by molar-refractivity contribution is 6.04. The molecule has 2 N–H and O–H groups in total. The molecule has 0 saturated heterocycles. The number of alkyl halides is 3. The second-order valence-corrected chi connectivity index (χ2v) is 6.07. The molecule has 0 radical (unpaired) electrons. The summed E-state index contributed by atoms with van der Waals surface area (Å²) in [6.07, 6.45) is -3.83. The quantitative estimate of drug-likeness (QED) is 0.664. The minimum absolute atomic E-state index is 0.162. The number of H-pyrrole nitrogens is 1. The van der Waals surface area contributed by atoms with Gasteiger partial charge < -0.3 is 15.0 Å². The summed E-state index contributed by atoms with van der Waals surface area (Å²) in [5, 5.41) is 2.08. The van der Waals surface area contributed by atoms with Crippen LogP contribution in [-0.2, 0) is 6.18 Å². The molecule has 0 spiro atoms. The van der Waals surface area contributed by atoms with Gasteiger partial charge >= 0.3 is 11.9 Å². The van der Waals surface area contributed by atoms with Crippen molar-refractivity contribution >= 4 is 11.6 Å². The summed E-state index contributed by atoms with van der Waals surface area (Å²) in [4.78, 5) is 39.7. The van der Waals surface area contributed by atoms with Gasteiger partial charge in [-0.25, -0.2) is 9.36 Å². The number of aromatic amines is 1. The van der Waals surface area contributed by atoms with Gasteiger partial charge in [-0.1, -0.05) is 12.1 Å². The van der Waals surface area contributed by atoms with Crippen molar-refractivity contribution in [3.63, 3.8) is 0 Å². The Kier molecular flexibility index (Phi) is 5.77. The van der Waals surface area contributed by atoms with Gasteiger partial charge in [0.25, 0.3) is 11.5 Å². The fourth-order valence-corrected chi connectivity index (χ4v) is 2.76. The summed E-state index contributed by atoms with van der Waals surface area (Å²) < 4.78 is 45.4. The predicted octanol–water partition coefficient (Wildman–Crippen LogP) is 3.20. The topological polar surface area (TPSA) is 93.2 Å². The van der Waals surface area contributed by atoms with Crippen LogP contribution in [0.25, 0.3) is 5.69 Å². The summed E-state index contributed by atoms with van der Waals surface area (Å²) >= 11 is 0. The van der Waals surface area contributed by atoms with Crippen molar-refractivity contribution in [3.05, 3.63) is 86.7 Å². The molecule has 1 amide bonds. The highest BCUT2D eigenvalue weighted by Gasteiger charge is 2.33. The highest BCUT2D eigenvalue weighted by Crippen LogP contribution is 2.34. The Labute approximate surface area is 167 Å². The van der Waals surface area contributed by atoms with Gasteiger partial charge in [0, 0.05) is 6.20 Å². The molecule has 0 fully saturated rings. The van der Waals surface area contributed by atoms with Gasteiger partial charge in [-0.15, -0.1) is 0 Å². The van der Waals surface area contributed by atoms with Gasteiger partial charge in [0.15, 0.2) is 0 Å². The lowest BCUT2D eigenvalue weighted by atomic mass is 10.1. The first-order valence-corrected chi connectivity index (χ1v) is 8.78. The van der Waals surface area contributed by atoms with E-state index in [4.69, 9.17) is 4.74 Å². The number of halogens is 3. The molecule has 3 aromatic rings. The number of ether oxygens (including phenoxy) is 1. The first-order valence-electron chi connectivity index (χ1n) is 8.78. The Hall–Kier alpha value is -3.82. The zero-order chi connectivity index (χ0) is 21.9. The number of amides is 1. The third-order valence-electron chi connectivity index (χ3n) is 4.11. The summed E-state index contributed by atoms with van der Waals surface area (Å²) in [5.74, 6) is -0.573. The van der Waals surface area contributed by atoms with E-state index in [2.05, 4.69) is 10.3 Å². The molecular formula is C20H16F3N3O4. The number of para-hydroxylation sites is 1. The number of hydrogen-bond donors (Lipinski definition) is 2. The number of hydrogen-bond acceptors (Lipinski definition) is 4. The molecule has 10 heteroatoms. The summed E-state index contributed by atoms with van der Waals surface area (Å²) in [5.41, 5.74) is -3.72. The highest BCUT2D eigenvalue weighted by atomic mass is 19.4. The van der Waals surface area contributed by atoms with Crippen molar-refractivity contribution in [1.82, 2.24) is 9.55 Å². The van der Waals surface area contributed by atoms with Crippen LogP contribution >= 0.6 is 0 Å². The largest absolute Gasteiger partial charge is 0.494 e. The number of carbonyl (C=O) groups is 1. The van der Waals surface area contributed by atoms with E-state index in [-0.39, 0.29) is 5.69 Å². The molecule has 0 saturated carbocycles. The van der Waals surface area contributed by atoms with Crippen LogP contribution in [0.5, 0.6) is 5.75 Å². The average Bonchev–Trinajstić information content (AvgIpc) is 2.69. The van der Waals surface area contributed by atoms with Crippen molar-refractivity contribution in [2.45, 2.75) is 13.1 Å². The summed E-state index contributed by atoms with van der Waals surface area (Å²) in [7, 11) is 0. The number of rotatable bonds is 5. The number of benzene rings is 2. The monoisotopic (exact) mass is 419 g/mol. The molecule has 0 aliphatic carbocycles. The number of nitrogens with zero attached hydrogens (tertiary/aromatic N) is 1. The Morgan fingerprint density at radius 1 is 1.10 bits per heavy atom. The molecule has 0 aliphatic rings. The lowest BCUT2D eigenvalue weighted by Crippen LogP contribution is -2.38. The smallest absolute Gasteiger partial charge is 0.418 e. The molecule has 0 aliphatic heterocycles. The average molecular weight is 419 g/mol. The van der Waals surface area contributed by atoms with Gasteiger partial charge in [0.05, 0.1) is 23.5 Å². The van der Waals surface area contributed by atoms with Crippen molar-refractivity contribution in [2.24, 2.45) is 0 Å². The van der Waals surface area contributed by atoms with Gasteiger partial charge in [0.2, 0.25) is 0 Å². The van der Waals surface area contributed by atoms with Gasteiger partial charge in [-0.2, -0.15) is 13.2 Å². The van der Waals surface area contributed by atoms with Crippen LogP contribution in [0, 0.1) is 0 Å². The third-order valence-corrected chi connectivity index (χ3v) is 4.11. The van der Waals surface area contributed by atoms with Crippen molar-refractivity contribution in [2.75, 3.05) is 11.9 Å². The van der Waals surface area contributed by atoms with Crippen LogP contribution in [0.1, 0.15) is 22.8 Å². The Morgan fingerprint density at radius 2 is 1.77 bits per heavy atom. The molecule has 1 heterocycles. The van der Waals surface area contributed by atoms with E-state index in [0.29, 0.717) is 16.9 Å². The second-order valence-electron chi connectivity index (χ2n) is 6.07. The molecule has 0 atom stereocenters.